The van der Waals surface area contributed by atoms with E-state index in [-0.39, 0.29) is 11.9 Å². The van der Waals surface area contributed by atoms with Gasteiger partial charge in [0.1, 0.15) is 24.0 Å². The Morgan fingerprint density at radius 2 is 2.26 bits per heavy atom. The molecule has 0 saturated heterocycles. The lowest BCUT2D eigenvalue weighted by molar-refractivity contribution is 0.288. The second-order valence-corrected chi connectivity index (χ2v) is 4.39. The Kier molecular flexibility index (Phi) is 4.16. The van der Waals surface area contributed by atoms with Crippen molar-refractivity contribution in [3.63, 3.8) is 0 Å². The summed E-state index contributed by atoms with van der Waals surface area (Å²) in [7, 11) is 0. The van der Waals surface area contributed by atoms with Crippen molar-refractivity contribution in [2.75, 3.05) is 0 Å². The van der Waals surface area contributed by atoms with E-state index >= 15 is 0 Å². The van der Waals surface area contributed by atoms with Crippen LogP contribution in [-0.4, -0.2) is 9.55 Å². The maximum Gasteiger partial charge on any atom is 0.146 e. The minimum absolute atomic E-state index is 0.317. The van der Waals surface area contributed by atoms with Gasteiger partial charge in [-0.05, 0) is 19.9 Å². The number of rotatable bonds is 5. The first kappa shape index (κ1) is 13.5. The van der Waals surface area contributed by atoms with E-state index in [1.807, 2.05) is 17.7 Å². The molecule has 0 bridgehead atoms. The van der Waals surface area contributed by atoms with Crippen LogP contribution in [0.25, 0.3) is 0 Å². The molecule has 0 saturated carbocycles. The smallest absolute Gasteiger partial charge is 0.146 e. The summed E-state index contributed by atoms with van der Waals surface area (Å²) in [5.74, 6) is 0.957. The second kappa shape index (κ2) is 5.84. The third-order valence-electron chi connectivity index (χ3n) is 2.97. The van der Waals surface area contributed by atoms with E-state index in [2.05, 4.69) is 4.98 Å². The molecule has 19 heavy (non-hydrogen) atoms. The van der Waals surface area contributed by atoms with Gasteiger partial charge in [-0.1, -0.05) is 6.07 Å². The molecule has 0 aliphatic carbocycles. The Bertz CT molecular complexity index is 551. The van der Waals surface area contributed by atoms with E-state index in [0.29, 0.717) is 17.9 Å². The van der Waals surface area contributed by atoms with Crippen molar-refractivity contribution in [1.29, 1.82) is 0 Å². The average Bonchev–Trinajstić information content (AvgIpc) is 2.83. The van der Waals surface area contributed by atoms with Crippen LogP contribution in [0.2, 0.25) is 0 Å². The van der Waals surface area contributed by atoms with Gasteiger partial charge in [0.15, 0.2) is 0 Å². The van der Waals surface area contributed by atoms with Gasteiger partial charge in [-0.2, -0.15) is 0 Å². The van der Waals surface area contributed by atoms with Crippen molar-refractivity contribution in [2.45, 2.75) is 33.0 Å². The Balaban J connectivity index is 2.06. The van der Waals surface area contributed by atoms with E-state index in [9.17, 15) is 4.39 Å². The highest BCUT2D eigenvalue weighted by molar-refractivity contribution is 5.30. The van der Waals surface area contributed by atoms with Crippen LogP contribution in [0.4, 0.5) is 4.39 Å². The monoisotopic (exact) mass is 263 g/mol. The van der Waals surface area contributed by atoms with Crippen LogP contribution < -0.4 is 10.5 Å². The fourth-order valence-electron chi connectivity index (χ4n) is 1.88. The van der Waals surface area contributed by atoms with Gasteiger partial charge < -0.3 is 15.0 Å². The molecule has 0 spiro atoms. The van der Waals surface area contributed by atoms with Crippen LogP contribution >= 0.6 is 0 Å². The standard InChI is InChI=1S/C14H18FN3O/c1-3-18-7-6-17-14(18)9-19-11-4-5-12(10(2)16)13(15)8-11/h4-8,10H,3,9,16H2,1-2H3/t10-/m1/s1. The van der Waals surface area contributed by atoms with Crippen molar-refractivity contribution in [1.82, 2.24) is 9.55 Å². The number of ether oxygens (including phenoxy) is 1. The molecule has 0 aliphatic heterocycles. The summed E-state index contributed by atoms with van der Waals surface area (Å²) in [4.78, 5) is 4.19. The maximum atomic E-state index is 13.7. The van der Waals surface area contributed by atoms with Gasteiger partial charge >= 0.3 is 0 Å². The number of aryl methyl sites for hydroxylation is 1. The molecule has 1 aromatic heterocycles. The molecule has 5 heteroatoms. The zero-order valence-corrected chi connectivity index (χ0v) is 11.1. The first-order valence-electron chi connectivity index (χ1n) is 6.29. The molecule has 1 aromatic carbocycles. The lowest BCUT2D eigenvalue weighted by Crippen LogP contribution is -2.08. The first-order valence-corrected chi connectivity index (χ1v) is 6.29. The zero-order valence-electron chi connectivity index (χ0n) is 11.1. The summed E-state index contributed by atoms with van der Waals surface area (Å²) < 4.78 is 21.3. The number of hydrogen-bond acceptors (Lipinski definition) is 3. The fraction of sp³-hybridized carbons (Fsp3) is 0.357. The number of halogens is 1. The molecule has 2 N–H and O–H groups in total. The zero-order chi connectivity index (χ0) is 13.8. The number of nitrogens with two attached hydrogens (primary N) is 1. The van der Waals surface area contributed by atoms with Crippen LogP contribution in [0.15, 0.2) is 30.6 Å². The Hall–Kier alpha value is -1.88. The number of benzene rings is 1. The first-order chi connectivity index (χ1) is 9.11. The van der Waals surface area contributed by atoms with Crippen LogP contribution in [0.1, 0.15) is 31.3 Å². The van der Waals surface area contributed by atoms with Crippen molar-refractivity contribution < 1.29 is 9.13 Å². The van der Waals surface area contributed by atoms with Crippen LogP contribution in [0, 0.1) is 5.82 Å². The highest BCUT2D eigenvalue weighted by Gasteiger charge is 2.09. The molecule has 0 radical (unpaired) electrons. The predicted molar refractivity (Wildman–Crippen MR) is 71.2 cm³/mol. The molecule has 0 aliphatic rings. The van der Waals surface area contributed by atoms with E-state index in [4.69, 9.17) is 10.5 Å². The van der Waals surface area contributed by atoms with Gasteiger partial charge in [0.05, 0.1) is 0 Å². The molecule has 0 amide bonds. The molecular formula is C14H18FN3O. The van der Waals surface area contributed by atoms with E-state index in [1.54, 1.807) is 25.3 Å². The Morgan fingerprint density at radius 3 is 2.89 bits per heavy atom. The van der Waals surface area contributed by atoms with Crippen molar-refractivity contribution >= 4 is 0 Å². The lowest BCUT2D eigenvalue weighted by Gasteiger charge is -2.11. The third kappa shape index (κ3) is 3.12. The minimum Gasteiger partial charge on any atom is -0.486 e. The van der Waals surface area contributed by atoms with Gasteiger partial charge in [0, 0.05) is 36.6 Å². The maximum absolute atomic E-state index is 13.7. The minimum atomic E-state index is -0.341. The van der Waals surface area contributed by atoms with E-state index in [1.165, 1.54) is 6.07 Å². The quantitative estimate of drug-likeness (QED) is 0.902. The SMILES string of the molecule is CCn1ccnc1COc1ccc([C@@H](C)N)c(F)c1. The van der Waals surface area contributed by atoms with Gasteiger partial charge in [-0.25, -0.2) is 9.37 Å². The second-order valence-electron chi connectivity index (χ2n) is 4.39. The molecule has 102 valence electrons. The number of nitrogens with zero attached hydrogens (tertiary/aromatic N) is 2. The Morgan fingerprint density at radius 1 is 1.47 bits per heavy atom. The molecule has 2 aromatic rings. The normalized spacial score (nSPS) is 12.4. The highest BCUT2D eigenvalue weighted by atomic mass is 19.1. The van der Waals surface area contributed by atoms with Gasteiger partial charge in [0.25, 0.3) is 0 Å². The topological polar surface area (TPSA) is 53.1 Å². The highest BCUT2D eigenvalue weighted by Crippen LogP contribution is 2.21. The van der Waals surface area contributed by atoms with Crippen LogP contribution in [0.3, 0.4) is 0 Å². The van der Waals surface area contributed by atoms with Crippen LogP contribution in [-0.2, 0) is 13.2 Å². The average molecular weight is 263 g/mol. The fourth-order valence-corrected chi connectivity index (χ4v) is 1.88. The van der Waals surface area contributed by atoms with Crippen molar-refractivity contribution in [3.05, 3.63) is 47.8 Å². The molecule has 1 heterocycles. The van der Waals surface area contributed by atoms with Gasteiger partial charge in [-0.3, -0.25) is 0 Å². The largest absolute Gasteiger partial charge is 0.486 e. The summed E-state index contributed by atoms with van der Waals surface area (Å²) in [6.45, 7) is 4.92. The lowest BCUT2D eigenvalue weighted by atomic mass is 10.1. The number of aromatic nitrogens is 2. The summed E-state index contributed by atoms with van der Waals surface area (Å²) in [5, 5.41) is 0. The summed E-state index contributed by atoms with van der Waals surface area (Å²) >= 11 is 0. The molecule has 1 atom stereocenters. The Labute approximate surface area is 112 Å². The molecule has 0 unspecified atom stereocenters. The summed E-state index contributed by atoms with van der Waals surface area (Å²) in [5.41, 5.74) is 6.15. The van der Waals surface area contributed by atoms with Gasteiger partial charge in [0.2, 0.25) is 0 Å². The predicted octanol–water partition coefficient (Wildman–Crippen LogP) is 2.64. The van der Waals surface area contributed by atoms with Crippen molar-refractivity contribution in [3.8, 4) is 5.75 Å². The molecule has 2 rings (SSSR count). The van der Waals surface area contributed by atoms with Gasteiger partial charge in [-0.15, -0.1) is 0 Å². The summed E-state index contributed by atoms with van der Waals surface area (Å²) in [6, 6.07) is 4.41. The third-order valence-corrected chi connectivity index (χ3v) is 2.97. The molecule has 0 fully saturated rings. The number of imidazole rings is 1. The van der Waals surface area contributed by atoms with Crippen LogP contribution in [0.5, 0.6) is 5.75 Å². The molecular weight excluding hydrogens is 245 g/mol. The number of hydrogen-bond donors (Lipinski definition) is 1. The van der Waals surface area contributed by atoms with Crippen molar-refractivity contribution in [2.24, 2.45) is 5.73 Å². The summed E-state index contributed by atoms with van der Waals surface area (Å²) in [6.07, 6.45) is 3.61. The van der Waals surface area contributed by atoms with E-state index in [0.717, 1.165) is 12.4 Å². The molecule has 4 nitrogen and oxygen atoms in total. The van der Waals surface area contributed by atoms with E-state index < -0.39 is 0 Å².